The Morgan fingerprint density at radius 3 is 2.50 bits per heavy atom. The molecule has 0 aliphatic rings. The monoisotopic (exact) mass is 303 g/mol. The molecule has 20 heavy (non-hydrogen) atoms. The van der Waals surface area contributed by atoms with E-state index in [0.717, 1.165) is 12.1 Å². The average Bonchev–Trinajstić information content (AvgIpc) is 2.40. The van der Waals surface area contributed by atoms with Crippen LogP contribution in [0.15, 0.2) is 36.4 Å². The first-order chi connectivity index (χ1) is 9.40. The van der Waals surface area contributed by atoms with Gasteiger partial charge in [-0.15, -0.1) is 0 Å². The maximum absolute atomic E-state index is 12.7. The molecule has 0 aliphatic carbocycles. The number of hydrazine groups is 1. The van der Waals surface area contributed by atoms with Crippen LogP contribution in [0, 0.1) is 0 Å². The third kappa shape index (κ3) is 3.31. The summed E-state index contributed by atoms with van der Waals surface area (Å²) in [7, 11) is 0. The maximum Gasteiger partial charge on any atom is 0.416 e. The fraction of sp³-hybridized carbons (Fsp3) is 0.0833. The molecular weight excluding hydrogens is 295 g/mol. The van der Waals surface area contributed by atoms with Gasteiger partial charge in [-0.05, 0) is 18.2 Å². The highest BCUT2D eigenvalue weighted by molar-refractivity contribution is 6.32. The second-order valence-corrected chi connectivity index (χ2v) is 4.16. The number of pyridine rings is 1. The fourth-order valence-electron chi connectivity index (χ4n) is 1.44. The van der Waals surface area contributed by atoms with Crippen LogP contribution in [0.5, 0.6) is 11.6 Å². The van der Waals surface area contributed by atoms with Crippen molar-refractivity contribution in [2.45, 2.75) is 6.18 Å². The van der Waals surface area contributed by atoms with E-state index in [2.05, 4.69) is 10.4 Å². The number of nitrogens with one attached hydrogen (secondary N) is 1. The van der Waals surface area contributed by atoms with Crippen molar-refractivity contribution in [3.8, 4) is 11.6 Å². The number of rotatable bonds is 3. The number of nitrogens with two attached hydrogens (primary N) is 1. The van der Waals surface area contributed by atoms with Crippen molar-refractivity contribution in [1.29, 1.82) is 0 Å². The van der Waals surface area contributed by atoms with Gasteiger partial charge in [-0.2, -0.15) is 18.2 Å². The number of nitrogen functional groups attached to an aromatic ring is 1. The summed E-state index contributed by atoms with van der Waals surface area (Å²) in [6, 6.07) is 7.91. The van der Waals surface area contributed by atoms with Gasteiger partial charge < -0.3 is 10.2 Å². The van der Waals surface area contributed by atoms with Crippen LogP contribution in [0.2, 0.25) is 5.02 Å². The van der Waals surface area contributed by atoms with Crippen LogP contribution in [0.3, 0.4) is 0 Å². The zero-order valence-electron chi connectivity index (χ0n) is 9.91. The van der Waals surface area contributed by atoms with E-state index in [4.69, 9.17) is 22.2 Å². The van der Waals surface area contributed by atoms with Crippen LogP contribution in [0.4, 0.5) is 19.0 Å². The largest absolute Gasteiger partial charge is 0.437 e. The van der Waals surface area contributed by atoms with E-state index >= 15 is 0 Å². The minimum absolute atomic E-state index is 0.165. The van der Waals surface area contributed by atoms with E-state index in [1.165, 1.54) is 6.07 Å². The minimum Gasteiger partial charge on any atom is -0.437 e. The lowest BCUT2D eigenvalue weighted by Crippen LogP contribution is -2.12. The second-order valence-electron chi connectivity index (χ2n) is 3.75. The molecule has 106 valence electrons. The topological polar surface area (TPSA) is 60.2 Å². The first-order valence-corrected chi connectivity index (χ1v) is 5.76. The van der Waals surface area contributed by atoms with Crippen molar-refractivity contribution in [1.82, 2.24) is 4.98 Å². The van der Waals surface area contributed by atoms with Gasteiger partial charge in [-0.3, -0.25) is 0 Å². The highest BCUT2D eigenvalue weighted by atomic mass is 35.5. The van der Waals surface area contributed by atoms with Crippen molar-refractivity contribution in [3.05, 3.63) is 47.0 Å². The Kier molecular flexibility index (Phi) is 4.01. The van der Waals surface area contributed by atoms with Crippen molar-refractivity contribution >= 4 is 17.4 Å². The van der Waals surface area contributed by atoms with Crippen LogP contribution in [0.25, 0.3) is 0 Å². The summed E-state index contributed by atoms with van der Waals surface area (Å²) in [5, 5.41) is 0.258. The number of para-hydroxylation sites is 1. The Morgan fingerprint density at radius 2 is 1.90 bits per heavy atom. The molecule has 1 aromatic heterocycles. The average molecular weight is 304 g/mol. The zero-order chi connectivity index (χ0) is 14.8. The molecule has 0 aliphatic heterocycles. The van der Waals surface area contributed by atoms with Crippen LogP contribution in [-0.2, 0) is 6.18 Å². The minimum atomic E-state index is -4.53. The summed E-state index contributed by atoms with van der Waals surface area (Å²) in [5.74, 6) is 4.86. The number of benzene rings is 1. The summed E-state index contributed by atoms with van der Waals surface area (Å²) in [5.41, 5.74) is 1.13. The van der Waals surface area contributed by atoms with Crippen molar-refractivity contribution in [2.24, 2.45) is 5.84 Å². The number of nitrogens with zero attached hydrogens (tertiary/aromatic N) is 1. The predicted octanol–water partition coefficient (Wildman–Crippen LogP) is 3.83. The molecule has 0 radical (unpaired) electrons. The third-order valence-electron chi connectivity index (χ3n) is 2.33. The number of halogens is 4. The van der Waals surface area contributed by atoms with Crippen molar-refractivity contribution < 1.29 is 17.9 Å². The van der Waals surface area contributed by atoms with E-state index in [9.17, 15) is 13.2 Å². The summed E-state index contributed by atoms with van der Waals surface area (Å²) in [6.07, 6.45) is -4.53. The Labute approximate surface area is 117 Å². The first-order valence-electron chi connectivity index (χ1n) is 5.38. The lowest BCUT2D eigenvalue weighted by molar-refractivity contribution is -0.137. The molecule has 2 rings (SSSR count). The van der Waals surface area contributed by atoms with Crippen molar-refractivity contribution in [3.63, 3.8) is 0 Å². The molecule has 0 spiro atoms. The molecule has 1 heterocycles. The first kappa shape index (κ1) is 14.4. The number of ether oxygens (including phenoxy) is 1. The Bertz CT molecular complexity index is 619. The van der Waals surface area contributed by atoms with Gasteiger partial charge in [-0.25, -0.2) is 5.84 Å². The van der Waals surface area contributed by atoms with Gasteiger partial charge in [0.2, 0.25) is 5.88 Å². The number of alkyl halides is 3. The van der Waals surface area contributed by atoms with Gasteiger partial charge >= 0.3 is 6.18 Å². The summed E-state index contributed by atoms with van der Waals surface area (Å²) in [6.45, 7) is 0. The molecule has 0 unspecified atom stereocenters. The highest BCUT2D eigenvalue weighted by Gasteiger charge is 2.32. The van der Waals surface area contributed by atoms with Crippen LogP contribution in [-0.4, -0.2) is 4.98 Å². The molecule has 0 atom stereocenters. The smallest absolute Gasteiger partial charge is 0.416 e. The Balaban J connectivity index is 2.39. The lowest BCUT2D eigenvalue weighted by atomic mass is 10.2. The van der Waals surface area contributed by atoms with Gasteiger partial charge in [0.1, 0.15) is 11.6 Å². The molecule has 0 bridgehead atoms. The molecule has 8 heteroatoms. The SMILES string of the molecule is NNc1cc(C(F)(F)F)cc(Oc2ccccc2Cl)n1. The van der Waals surface area contributed by atoms with E-state index in [1.54, 1.807) is 18.2 Å². The molecule has 3 N–H and O–H groups in total. The highest BCUT2D eigenvalue weighted by Crippen LogP contribution is 2.34. The second kappa shape index (κ2) is 5.56. The Hall–Kier alpha value is -1.99. The summed E-state index contributed by atoms with van der Waals surface area (Å²) in [4.78, 5) is 3.78. The van der Waals surface area contributed by atoms with Crippen LogP contribution in [0.1, 0.15) is 5.56 Å². The molecule has 2 aromatic rings. The lowest BCUT2D eigenvalue weighted by Gasteiger charge is -2.12. The molecule has 0 fully saturated rings. The quantitative estimate of drug-likeness (QED) is 0.668. The molecular formula is C12H9ClF3N3O. The third-order valence-corrected chi connectivity index (χ3v) is 2.64. The molecule has 0 saturated heterocycles. The number of aromatic nitrogens is 1. The number of hydrogen-bond donors (Lipinski definition) is 2. The maximum atomic E-state index is 12.7. The summed E-state index contributed by atoms with van der Waals surface area (Å²) >= 11 is 5.86. The number of anilines is 1. The van der Waals surface area contributed by atoms with E-state index < -0.39 is 11.7 Å². The Morgan fingerprint density at radius 1 is 1.20 bits per heavy atom. The van der Waals surface area contributed by atoms with Crippen LogP contribution < -0.4 is 16.0 Å². The van der Waals surface area contributed by atoms with E-state index in [-0.39, 0.29) is 22.5 Å². The molecule has 0 saturated carbocycles. The fourth-order valence-corrected chi connectivity index (χ4v) is 1.61. The normalized spacial score (nSPS) is 11.2. The van der Waals surface area contributed by atoms with Crippen molar-refractivity contribution in [2.75, 3.05) is 5.43 Å². The van der Waals surface area contributed by atoms with E-state index in [1.807, 2.05) is 0 Å². The molecule has 1 aromatic carbocycles. The van der Waals surface area contributed by atoms with Crippen LogP contribution >= 0.6 is 11.6 Å². The van der Waals surface area contributed by atoms with Gasteiger partial charge in [0.05, 0.1) is 10.6 Å². The standard InChI is InChI=1S/C12H9ClF3N3O/c13-8-3-1-2-4-9(8)20-11-6-7(12(14,15)16)5-10(18-11)19-17/h1-6H,17H2,(H,18,19). The van der Waals surface area contributed by atoms with Gasteiger partial charge in [0, 0.05) is 6.07 Å². The molecule has 4 nitrogen and oxygen atoms in total. The zero-order valence-corrected chi connectivity index (χ0v) is 10.7. The van der Waals surface area contributed by atoms with E-state index in [0.29, 0.717) is 0 Å². The molecule has 0 amide bonds. The summed E-state index contributed by atoms with van der Waals surface area (Å²) < 4.78 is 43.4. The predicted molar refractivity (Wildman–Crippen MR) is 68.6 cm³/mol. The van der Waals surface area contributed by atoms with Gasteiger partial charge in [0.15, 0.2) is 0 Å². The number of hydrogen-bond acceptors (Lipinski definition) is 4. The van der Waals surface area contributed by atoms with Gasteiger partial charge in [-0.1, -0.05) is 23.7 Å². The van der Waals surface area contributed by atoms with Gasteiger partial charge in [0.25, 0.3) is 0 Å².